The molecule has 29 heavy (non-hydrogen) atoms. The number of rotatable bonds is 6. The van der Waals surface area contributed by atoms with Gasteiger partial charge in [0.15, 0.2) is 0 Å². The SMILES string of the molecule is CO[C@](C)(CNS(=O)(=O)c1cc2c3c(c1)CCN3C(=O)CC2)c1ccccc1F. The van der Waals surface area contributed by atoms with Crippen LogP contribution in [0.2, 0.25) is 0 Å². The molecule has 0 fully saturated rings. The molecule has 1 N–H and O–H groups in total. The molecule has 0 spiro atoms. The highest BCUT2D eigenvalue weighted by Crippen LogP contribution is 2.38. The molecule has 0 aromatic heterocycles. The molecule has 2 aromatic rings. The van der Waals surface area contributed by atoms with E-state index in [0.29, 0.717) is 25.8 Å². The first-order valence-electron chi connectivity index (χ1n) is 9.51. The molecule has 2 aliphatic heterocycles. The zero-order valence-electron chi connectivity index (χ0n) is 16.4. The van der Waals surface area contributed by atoms with Crippen LogP contribution in [-0.2, 0) is 38.0 Å². The topological polar surface area (TPSA) is 75.7 Å². The summed E-state index contributed by atoms with van der Waals surface area (Å²) in [6.07, 6.45) is 1.56. The summed E-state index contributed by atoms with van der Waals surface area (Å²) in [6, 6.07) is 9.43. The fourth-order valence-electron chi connectivity index (χ4n) is 4.06. The van der Waals surface area contributed by atoms with E-state index in [0.717, 1.165) is 16.8 Å². The lowest BCUT2D eigenvalue weighted by molar-refractivity contribution is -0.118. The minimum absolute atomic E-state index is 0.0886. The Morgan fingerprint density at radius 1 is 1.17 bits per heavy atom. The maximum Gasteiger partial charge on any atom is 0.240 e. The van der Waals surface area contributed by atoms with Crippen molar-refractivity contribution in [2.75, 3.05) is 25.1 Å². The van der Waals surface area contributed by atoms with Gasteiger partial charge in [0.1, 0.15) is 11.4 Å². The quantitative estimate of drug-likeness (QED) is 0.782. The molecule has 154 valence electrons. The van der Waals surface area contributed by atoms with Crippen LogP contribution in [0.3, 0.4) is 0 Å². The summed E-state index contributed by atoms with van der Waals surface area (Å²) in [5.41, 5.74) is 1.74. The Balaban J connectivity index is 1.62. The molecule has 0 radical (unpaired) electrons. The van der Waals surface area contributed by atoms with Crippen LogP contribution in [0.1, 0.15) is 30.0 Å². The number of hydrogen-bond donors (Lipinski definition) is 1. The molecule has 6 nitrogen and oxygen atoms in total. The summed E-state index contributed by atoms with van der Waals surface area (Å²) < 4.78 is 48.3. The summed E-state index contributed by atoms with van der Waals surface area (Å²) in [6.45, 7) is 2.11. The average Bonchev–Trinajstić information content (AvgIpc) is 3.15. The fourth-order valence-corrected chi connectivity index (χ4v) is 5.29. The zero-order valence-corrected chi connectivity index (χ0v) is 17.2. The van der Waals surface area contributed by atoms with Gasteiger partial charge < -0.3 is 9.64 Å². The van der Waals surface area contributed by atoms with Crippen LogP contribution < -0.4 is 9.62 Å². The standard InChI is InChI=1S/C21H23FN2O4S/c1-21(28-2,17-5-3-4-6-18(17)22)13-23-29(26,27)16-11-14-7-8-19(25)24-10-9-15(12-16)20(14)24/h3-6,11-12,23H,7-10,13H2,1-2H3/t21-/m1/s1. The largest absolute Gasteiger partial charge is 0.372 e. The van der Waals surface area contributed by atoms with Crippen molar-refractivity contribution in [3.05, 3.63) is 58.9 Å². The number of sulfonamides is 1. The van der Waals surface area contributed by atoms with Crippen molar-refractivity contribution in [2.45, 2.75) is 36.7 Å². The van der Waals surface area contributed by atoms with Crippen molar-refractivity contribution in [1.29, 1.82) is 0 Å². The molecule has 0 saturated carbocycles. The highest BCUT2D eigenvalue weighted by Gasteiger charge is 2.34. The van der Waals surface area contributed by atoms with Gasteiger partial charge in [0.2, 0.25) is 15.9 Å². The minimum atomic E-state index is -3.84. The molecule has 0 unspecified atom stereocenters. The number of ether oxygens (including phenoxy) is 1. The Bertz CT molecular complexity index is 1090. The second kappa shape index (κ2) is 7.19. The van der Waals surface area contributed by atoms with Gasteiger partial charge in [0, 0.05) is 32.2 Å². The van der Waals surface area contributed by atoms with Crippen molar-refractivity contribution in [2.24, 2.45) is 0 Å². The lowest BCUT2D eigenvalue weighted by atomic mass is 9.95. The minimum Gasteiger partial charge on any atom is -0.372 e. The third-order valence-corrected chi connectivity index (χ3v) is 7.21. The summed E-state index contributed by atoms with van der Waals surface area (Å²) in [5, 5.41) is 0. The molecule has 2 aliphatic rings. The first-order valence-corrected chi connectivity index (χ1v) is 11.0. The number of hydrogen-bond acceptors (Lipinski definition) is 4. The Labute approximate surface area is 169 Å². The molecular formula is C21H23FN2O4S. The van der Waals surface area contributed by atoms with E-state index >= 15 is 0 Å². The molecule has 0 bridgehead atoms. The van der Waals surface area contributed by atoms with Crippen molar-refractivity contribution >= 4 is 21.6 Å². The molecule has 4 rings (SSSR count). The smallest absolute Gasteiger partial charge is 0.240 e. The van der Waals surface area contributed by atoms with Gasteiger partial charge in [0.25, 0.3) is 0 Å². The maximum atomic E-state index is 14.2. The van der Waals surface area contributed by atoms with Crippen molar-refractivity contribution in [3.8, 4) is 0 Å². The number of amides is 1. The van der Waals surface area contributed by atoms with Gasteiger partial charge in [-0.25, -0.2) is 17.5 Å². The van der Waals surface area contributed by atoms with Gasteiger partial charge >= 0.3 is 0 Å². The number of nitrogens with one attached hydrogen (secondary N) is 1. The first kappa shape index (κ1) is 20.0. The molecule has 0 saturated heterocycles. The van der Waals surface area contributed by atoms with Crippen LogP contribution in [0.25, 0.3) is 0 Å². The molecule has 1 atom stereocenters. The summed E-state index contributed by atoms with van der Waals surface area (Å²) in [5.74, 6) is -0.367. The lowest BCUT2D eigenvalue weighted by Crippen LogP contribution is -2.40. The molecule has 0 aliphatic carbocycles. The number of carbonyl (C=O) groups excluding carboxylic acids is 1. The third kappa shape index (κ3) is 3.45. The number of anilines is 1. The van der Waals surface area contributed by atoms with Crippen LogP contribution in [0.15, 0.2) is 41.3 Å². The van der Waals surface area contributed by atoms with Crippen LogP contribution in [0, 0.1) is 5.82 Å². The van der Waals surface area contributed by atoms with Crippen molar-refractivity contribution in [1.82, 2.24) is 4.72 Å². The van der Waals surface area contributed by atoms with Gasteiger partial charge in [-0.05, 0) is 49.1 Å². The maximum absolute atomic E-state index is 14.2. The third-order valence-electron chi connectivity index (χ3n) is 5.83. The Kier molecular flexibility index (Phi) is 4.96. The number of nitrogens with zero attached hydrogens (tertiary/aromatic N) is 1. The molecule has 2 heterocycles. The van der Waals surface area contributed by atoms with E-state index in [1.807, 2.05) is 0 Å². The van der Waals surface area contributed by atoms with Crippen molar-refractivity contribution < 1.29 is 22.3 Å². The number of methoxy groups -OCH3 is 1. The lowest BCUT2D eigenvalue weighted by Gasteiger charge is -2.29. The van der Waals surface area contributed by atoms with E-state index < -0.39 is 21.4 Å². The van der Waals surface area contributed by atoms with Crippen LogP contribution >= 0.6 is 0 Å². The Morgan fingerprint density at radius 3 is 2.55 bits per heavy atom. The summed E-state index contributed by atoms with van der Waals surface area (Å²) in [4.78, 5) is 14.0. The average molecular weight is 418 g/mol. The second-order valence-corrected chi connectivity index (χ2v) is 9.39. The first-order chi connectivity index (χ1) is 13.7. The van der Waals surface area contributed by atoms with Gasteiger partial charge in [-0.3, -0.25) is 4.79 Å². The van der Waals surface area contributed by atoms with Gasteiger partial charge in [-0.1, -0.05) is 18.2 Å². The van der Waals surface area contributed by atoms with Gasteiger partial charge in [-0.15, -0.1) is 0 Å². The monoisotopic (exact) mass is 418 g/mol. The predicted molar refractivity (Wildman–Crippen MR) is 107 cm³/mol. The molecule has 8 heteroatoms. The predicted octanol–water partition coefficient (Wildman–Crippen LogP) is 2.50. The van der Waals surface area contributed by atoms with Crippen LogP contribution in [0.5, 0.6) is 0 Å². The highest BCUT2D eigenvalue weighted by molar-refractivity contribution is 7.89. The number of benzene rings is 2. The van der Waals surface area contributed by atoms with E-state index in [1.165, 1.54) is 13.2 Å². The normalized spacial score (nSPS) is 17.9. The molecular weight excluding hydrogens is 395 g/mol. The second-order valence-electron chi connectivity index (χ2n) is 7.62. The van der Waals surface area contributed by atoms with E-state index in [9.17, 15) is 17.6 Å². The van der Waals surface area contributed by atoms with E-state index in [-0.39, 0.29) is 22.9 Å². The van der Waals surface area contributed by atoms with E-state index in [2.05, 4.69) is 4.72 Å². The molecule has 1 amide bonds. The van der Waals surface area contributed by atoms with Crippen LogP contribution in [-0.4, -0.2) is 34.5 Å². The summed E-state index contributed by atoms with van der Waals surface area (Å²) >= 11 is 0. The zero-order chi connectivity index (χ0) is 20.8. The van der Waals surface area contributed by atoms with E-state index in [4.69, 9.17) is 4.74 Å². The van der Waals surface area contributed by atoms with Gasteiger partial charge in [0.05, 0.1) is 10.6 Å². The summed E-state index contributed by atoms with van der Waals surface area (Å²) in [7, 11) is -2.42. The van der Waals surface area contributed by atoms with Crippen molar-refractivity contribution in [3.63, 3.8) is 0 Å². The highest BCUT2D eigenvalue weighted by atomic mass is 32.2. The van der Waals surface area contributed by atoms with Gasteiger partial charge in [-0.2, -0.15) is 0 Å². The number of aryl methyl sites for hydroxylation is 1. The van der Waals surface area contributed by atoms with Crippen LogP contribution in [0.4, 0.5) is 10.1 Å². The number of carbonyl (C=O) groups is 1. The fraction of sp³-hybridized carbons (Fsp3) is 0.381. The number of halogens is 1. The van der Waals surface area contributed by atoms with E-state index in [1.54, 1.807) is 42.2 Å². The Morgan fingerprint density at radius 2 is 1.86 bits per heavy atom. The Hall–Kier alpha value is -2.29. The molecule has 2 aromatic carbocycles.